The van der Waals surface area contributed by atoms with E-state index in [0.717, 1.165) is 55.8 Å². The Morgan fingerprint density at radius 3 is 1.20 bits per heavy atom. The lowest BCUT2D eigenvalue weighted by molar-refractivity contribution is 1.07. The molecule has 0 fully saturated rings. The Hall–Kier alpha value is -6.85. The maximum absolute atomic E-state index is 5.15. The summed E-state index contributed by atoms with van der Waals surface area (Å²) in [5.74, 6) is 1.87. The molecule has 0 aliphatic rings. The highest BCUT2D eigenvalue weighted by Crippen LogP contribution is 2.35. The van der Waals surface area contributed by atoms with Gasteiger partial charge in [-0.1, -0.05) is 164 Å². The van der Waals surface area contributed by atoms with Gasteiger partial charge in [0.2, 0.25) is 0 Å². The fourth-order valence-electron chi connectivity index (χ4n) is 6.40. The maximum Gasteiger partial charge on any atom is 0.164 e. The second kappa shape index (κ2) is 12.6. The first kappa shape index (κ1) is 29.3. The normalized spacial score (nSPS) is 11.2. The van der Waals surface area contributed by atoms with Crippen LogP contribution in [-0.2, 0) is 0 Å². The van der Waals surface area contributed by atoms with Gasteiger partial charge in [0.05, 0.1) is 22.4 Å². The maximum atomic E-state index is 5.15. The number of para-hydroxylation sites is 2. The average molecular weight is 640 g/mol. The molecule has 0 aliphatic heterocycles. The van der Waals surface area contributed by atoms with Gasteiger partial charge >= 0.3 is 0 Å². The molecule has 2 heterocycles. The lowest BCUT2D eigenvalue weighted by Crippen LogP contribution is -2.00. The summed E-state index contributed by atoms with van der Waals surface area (Å²) in [6.45, 7) is 0. The van der Waals surface area contributed by atoms with Gasteiger partial charge in [0.1, 0.15) is 0 Å². The number of hydrogen-bond acceptors (Lipinski definition) is 5. The summed E-state index contributed by atoms with van der Waals surface area (Å²) in [6.07, 6.45) is 0. The van der Waals surface area contributed by atoms with E-state index >= 15 is 0 Å². The van der Waals surface area contributed by atoms with Crippen LogP contribution in [-0.4, -0.2) is 24.9 Å². The Morgan fingerprint density at radius 1 is 0.260 bits per heavy atom. The number of fused-ring (bicyclic) bond motifs is 2. The van der Waals surface area contributed by atoms with Crippen molar-refractivity contribution in [2.24, 2.45) is 0 Å². The Bertz CT molecular complexity index is 2560. The van der Waals surface area contributed by atoms with Crippen LogP contribution < -0.4 is 0 Å². The number of rotatable bonds is 6. The molecule has 7 aromatic carbocycles. The molecule has 9 aromatic rings. The first-order valence-corrected chi connectivity index (χ1v) is 16.6. The molecule has 0 atom stereocenters. The molecule has 2 aromatic heterocycles. The van der Waals surface area contributed by atoms with Crippen LogP contribution in [0.4, 0.5) is 0 Å². The molecule has 50 heavy (non-hydrogen) atoms. The van der Waals surface area contributed by atoms with Gasteiger partial charge < -0.3 is 0 Å². The van der Waals surface area contributed by atoms with E-state index < -0.39 is 0 Å². The summed E-state index contributed by atoms with van der Waals surface area (Å²) in [6, 6.07) is 59.9. The van der Waals surface area contributed by atoms with Gasteiger partial charge in [-0.15, -0.1) is 0 Å². The molecule has 0 amide bonds. The molecule has 0 saturated carbocycles. The Balaban J connectivity index is 1.12. The first-order valence-electron chi connectivity index (χ1n) is 16.6. The van der Waals surface area contributed by atoms with Crippen LogP contribution in [0.3, 0.4) is 0 Å². The summed E-state index contributed by atoms with van der Waals surface area (Å²) in [5, 5.41) is 2.46. The van der Waals surface area contributed by atoms with Crippen molar-refractivity contribution in [3.63, 3.8) is 0 Å². The smallest absolute Gasteiger partial charge is 0.164 e. The lowest BCUT2D eigenvalue weighted by atomic mass is 9.96. The minimum Gasteiger partial charge on any atom is -0.244 e. The van der Waals surface area contributed by atoms with E-state index in [0.29, 0.717) is 17.5 Å². The van der Waals surface area contributed by atoms with Crippen molar-refractivity contribution in [1.82, 2.24) is 24.9 Å². The minimum absolute atomic E-state index is 0.609. The Kier molecular flexibility index (Phi) is 7.41. The van der Waals surface area contributed by atoms with Crippen molar-refractivity contribution in [2.75, 3.05) is 0 Å². The SMILES string of the molecule is c1ccc(-c2nc(-c3ccccc3)nc(-c3ccc(-c4nc5ccccc5nc4-c4ccc(-c5cccc6ccccc56)cc4)cc3)n2)cc1. The summed E-state index contributed by atoms with van der Waals surface area (Å²) in [5.41, 5.74) is 10.4. The second-order valence-corrected chi connectivity index (χ2v) is 12.1. The van der Waals surface area contributed by atoms with Gasteiger partial charge in [0, 0.05) is 27.8 Å². The van der Waals surface area contributed by atoms with E-state index in [1.54, 1.807) is 0 Å². The zero-order chi connectivity index (χ0) is 33.3. The minimum atomic E-state index is 0.609. The van der Waals surface area contributed by atoms with Gasteiger partial charge in [-0.2, -0.15) is 0 Å². The van der Waals surface area contributed by atoms with Crippen LogP contribution in [0.1, 0.15) is 0 Å². The van der Waals surface area contributed by atoms with Crippen LogP contribution in [0.2, 0.25) is 0 Å². The number of nitrogens with zero attached hydrogens (tertiary/aromatic N) is 5. The van der Waals surface area contributed by atoms with Crippen molar-refractivity contribution < 1.29 is 0 Å². The second-order valence-electron chi connectivity index (χ2n) is 12.1. The van der Waals surface area contributed by atoms with Crippen molar-refractivity contribution in [3.8, 4) is 67.8 Å². The van der Waals surface area contributed by atoms with E-state index in [4.69, 9.17) is 24.9 Å². The molecule has 0 bridgehead atoms. The van der Waals surface area contributed by atoms with Gasteiger partial charge in [-0.25, -0.2) is 24.9 Å². The van der Waals surface area contributed by atoms with E-state index in [9.17, 15) is 0 Å². The molecule has 0 saturated heterocycles. The monoisotopic (exact) mass is 639 g/mol. The van der Waals surface area contributed by atoms with Crippen molar-refractivity contribution in [1.29, 1.82) is 0 Å². The predicted molar refractivity (Wildman–Crippen MR) is 203 cm³/mol. The van der Waals surface area contributed by atoms with Crippen LogP contribution in [0, 0.1) is 0 Å². The van der Waals surface area contributed by atoms with Crippen LogP contribution in [0.15, 0.2) is 176 Å². The van der Waals surface area contributed by atoms with Crippen molar-refractivity contribution in [2.45, 2.75) is 0 Å². The molecule has 9 rings (SSSR count). The third kappa shape index (κ3) is 5.57. The average Bonchev–Trinajstić information content (AvgIpc) is 3.21. The topological polar surface area (TPSA) is 64.5 Å². The molecule has 5 heteroatoms. The van der Waals surface area contributed by atoms with Gasteiger partial charge in [0.15, 0.2) is 17.5 Å². The molecule has 0 spiro atoms. The molecular weight excluding hydrogens is 611 g/mol. The largest absolute Gasteiger partial charge is 0.244 e. The van der Waals surface area contributed by atoms with Crippen LogP contribution in [0.5, 0.6) is 0 Å². The molecule has 234 valence electrons. The Labute approximate surface area is 289 Å². The molecule has 0 unspecified atom stereocenters. The highest BCUT2D eigenvalue weighted by atomic mass is 15.0. The molecule has 0 N–H and O–H groups in total. The highest BCUT2D eigenvalue weighted by Gasteiger charge is 2.16. The van der Waals surface area contributed by atoms with Crippen molar-refractivity contribution in [3.05, 3.63) is 176 Å². The third-order valence-electron chi connectivity index (χ3n) is 8.95. The summed E-state index contributed by atoms with van der Waals surface area (Å²) in [4.78, 5) is 25.0. The van der Waals surface area contributed by atoms with E-state index in [2.05, 4.69) is 91.0 Å². The molecule has 5 nitrogen and oxygen atoms in total. The summed E-state index contributed by atoms with van der Waals surface area (Å²) in [7, 11) is 0. The van der Waals surface area contributed by atoms with Crippen LogP contribution in [0.25, 0.3) is 89.6 Å². The fourth-order valence-corrected chi connectivity index (χ4v) is 6.40. The predicted octanol–water partition coefficient (Wildman–Crippen LogP) is 11.0. The quantitative estimate of drug-likeness (QED) is 0.181. The standard InChI is InChI=1S/C45H29N5/c1-3-13-34(14-4-1)43-48-44(35-15-5-2-6-16-35)50-45(49-43)36-28-26-33(27-29-36)42-41(46-39-20-9-10-21-40(39)47-42)32-24-22-31(23-25-32)38-19-11-17-30-12-7-8-18-37(30)38/h1-29H. The zero-order valence-corrected chi connectivity index (χ0v) is 27.0. The zero-order valence-electron chi connectivity index (χ0n) is 27.0. The summed E-state index contributed by atoms with van der Waals surface area (Å²) >= 11 is 0. The van der Waals surface area contributed by atoms with Crippen molar-refractivity contribution >= 4 is 21.8 Å². The van der Waals surface area contributed by atoms with E-state index in [1.807, 2.05) is 84.9 Å². The molecular formula is C45H29N5. The molecule has 0 aliphatic carbocycles. The Morgan fingerprint density at radius 2 is 0.660 bits per heavy atom. The number of hydrogen-bond donors (Lipinski definition) is 0. The third-order valence-corrected chi connectivity index (χ3v) is 8.95. The van der Waals surface area contributed by atoms with Gasteiger partial charge in [-0.05, 0) is 34.0 Å². The van der Waals surface area contributed by atoms with Crippen LogP contribution >= 0.6 is 0 Å². The summed E-state index contributed by atoms with van der Waals surface area (Å²) < 4.78 is 0. The lowest BCUT2D eigenvalue weighted by Gasteiger charge is -2.13. The molecule has 0 radical (unpaired) electrons. The number of benzene rings is 7. The highest BCUT2D eigenvalue weighted by molar-refractivity contribution is 5.97. The fraction of sp³-hybridized carbons (Fsp3) is 0. The van der Waals surface area contributed by atoms with Gasteiger partial charge in [-0.3, -0.25) is 0 Å². The van der Waals surface area contributed by atoms with E-state index in [-0.39, 0.29) is 0 Å². The van der Waals surface area contributed by atoms with Gasteiger partial charge in [0.25, 0.3) is 0 Å². The first-order chi connectivity index (χ1) is 24.8. The van der Waals surface area contributed by atoms with E-state index in [1.165, 1.54) is 16.3 Å². The number of aromatic nitrogens is 5.